The van der Waals surface area contributed by atoms with Gasteiger partial charge in [0.15, 0.2) is 0 Å². The van der Waals surface area contributed by atoms with Crippen molar-refractivity contribution in [3.8, 4) is 11.1 Å². The lowest BCUT2D eigenvalue weighted by Crippen LogP contribution is -2.35. The van der Waals surface area contributed by atoms with Crippen molar-refractivity contribution in [1.82, 2.24) is 19.9 Å². The maximum absolute atomic E-state index is 11.9. The molecule has 0 bridgehead atoms. The van der Waals surface area contributed by atoms with E-state index in [0.29, 0.717) is 16.7 Å². The number of aliphatic imine (C=N–C) groups is 1. The van der Waals surface area contributed by atoms with E-state index in [0.717, 1.165) is 55.2 Å². The second kappa shape index (κ2) is 11.4. The van der Waals surface area contributed by atoms with Crippen molar-refractivity contribution in [2.45, 2.75) is 13.5 Å². The maximum Gasteiger partial charge on any atom is 0.413 e. The molecule has 10 heteroatoms. The third-order valence-electron chi connectivity index (χ3n) is 5.47. The first-order valence-electron chi connectivity index (χ1n) is 11.4. The van der Waals surface area contributed by atoms with Gasteiger partial charge in [0, 0.05) is 43.2 Å². The number of nitrogens with one attached hydrogen (secondary N) is 2. The number of carbonyl (C=O) groups excluding carboxylic acids is 1. The number of hydrogen-bond acceptors (Lipinski definition) is 8. The van der Waals surface area contributed by atoms with Crippen molar-refractivity contribution in [1.29, 1.82) is 0 Å². The Labute approximate surface area is 203 Å². The second-order valence-electron chi connectivity index (χ2n) is 7.89. The van der Waals surface area contributed by atoms with E-state index in [9.17, 15) is 4.79 Å². The van der Waals surface area contributed by atoms with Gasteiger partial charge >= 0.3 is 6.09 Å². The number of hydrogen-bond donors (Lipinski definition) is 3. The predicted molar refractivity (Wildman–Crippen MR) is 137 cm³/mol. The molecule has 3 heterocycles. The fourth-order valence-electron chi connectivity index (χ4n) is 3.76. The molecule has 3 aromatic rings. The Morgan fingerprint density at radius 1 is 1.34 bits per heavy atom. The van der Waals surface area contributed by atoms with Crippen LogP contribution < -0.4 is 11.1 Å². The van der Waals surface area contributed by atoms with Gasteiger partial charge in [0.25, 0.3) is 0 Å². The number of imidazole rings is 1. The first-order valence-corrected chi connectivity index (χ1v) is 11.4. The highest BCUT2D eigenvalue weighted by Crippen LogP contribution is 2.31. The number of anilines is 1. The number of H-pyrrole nitrogens is 1. The van der Waals surface area contributed by atoms with Crippen LogP contribution in [-0.2, 0) is 16.0 Å². The van der Waals surface area contributed by atoms with E-state index in [4.69, 9.17) is 15.2 Å². The fourth-order valence-corrected chi connectivity index (χ4v) is 3.76. The van der Waals surface area contributed by atoms with Crippen molar-refractivity contribution in [2.24, 2.45) is 10.7 Å². The number of aromatic nitrogens is 3. The largest absolute Gasteiger partial charge is 0.450 e. The molecule has 35 heavy (non-hydrogen) atoms. The molecule has 0 saturated carbocycles. The molecule has 4 rings (SSSR count). The number of rotatable bonds is 8. The molecule has 182 valence electrons. The standard InChI is InChI=1S/C25H29N7O3/c1-3-35-25(33)31-24-29-22-14-19(13-21(23(22)30-24)17(2)27-8-4-7-26)18-5-6-20(28-15-18)16-32-9-11-34-12-10-32/h4-8,13-15H,2-3,9-12,16,26H2,1H3,(H2,29,30,31,33)/b7-4-,27-8-. The maximum atomic E-state index is 11.9. The zero-order chi connectivity index (χ0) is 24.6. The topological polar surface area (TPSA) is 131 Å². The summed E-state index contributed by atoms with van der Waals surface area (Å²) in [6, 6.07) is 7.98. The highest BCUT2D eigenvalue weighted by Gasteiger charge is 2.15. The number of allylic oxidation sites excluding steroid dienone is 1. The normalized spacial score (nSPS) is 14.7. The summed E-state index contributed by atoms with van der Waals surface area (Å²) in [6.07, 6.45) is 5.85. The van der Waals surface area contributed by atoms with Crippen LogP contribution in [0.2, 0.25) is 0 Å². The van der Waals surface area contributed by atoms with Crippen molar-refractivity contribution in [3.63, 3.8) is 0 Å². The summed E-state index contributed by atoms with van der Waals surface area (Å²) < 4.78 is 10.4. The number of morpholine rings is 1. The molecule has 0 aliphatic carbocycles. The molecule has 1 saturated heterocycles. The molecule has 1 aromatic carbocycles. The molecule has 2 aromatic heterocycles. The van der Waals surface area contributed by atoms with Gasteiger partial charge < -0.3 is 20.2 Å². The van der Waals surface area contributed by atoms with Gasteiger partial charge in [-0.05, 0) is 43.0 Å². The number of nitrogens with two attached hydrogens (primary N) is 1. The van der Waals surface area contributed by atoms with Gasteiger partial charge in [0.05, 0.1) is 42.2 Å². The monoisotopic (exact) mass is 475 g/mol. The number of fused-ring (bicyclic) bond motifs is 1. The van der Waals surface area contributed by atoms with E-state index in [2.05, 4.69) is 36.7 Å². The minimum atomic E-state index is -0.585. The van der Waals surface area contributed by atoms with E-state index in [-0.39, 0.29) is 12.6 Å². The van der Waals surface area contributed by atoms with Gasteiger partial charge in [-0.1, -0.05) is 12.6 Å². The molecule has 1 fully saturated rings. The Morgan fingerprint density at radius 2 is 2.17 bits per heavy atom. The summed E-state index contributed by atoms with van der Waals surface area (Å²) >= 11 is 0. The first kappa shape index (κ1) is 24.1. The molecule has 10 nitrogen and oxygen atoms in total. The van der Waals surface area contributed by atoms with Gasteiger partial charge in [-0.15, -0.1) is 0 Å². The van der Waals surface area contributed by atoms with Crippen molar-refractivity contribution in [3.05, 3.63) is 60.6 Å². The highest BCUT2D eigenvalue weighted by atomic mass is 16.5. The molecule has 0 unspecified atom stereocenters. The summed E-state index contributed by atoms with van der Waals surface area (Å²) in [4.78, 5) is 30.9. The first-order chi connectivity index (χ1) is 17.1. The average Bonchev–Trinajstić information content (AvgIpc) is 3.27. The van der Waals surface area contributed by atoms with E-state index in [1.807, 2.05) is 30.5 Å². The van der Waals surface area contributed by atoms with Crippen molar-refractivity contribution in [2.75, 3.05) is 38.2 Å². The summed E-state index contributed by atoms with van der Waals surface area (Å²) in [5.41, 5.74) is 10.8. The quantitative estimate of drug-likeness (QED) is 0.425. The number of aromatic amines is 1. The Hall–Kier alpha value is -4.02. The van der Waals surface area contributed by atoms with Crippen LogP contribution in [0.5, 0.6) is 0 Å². The minimum absolute atomic E-state index is 0.260. The van der Waals surface area contributed by atoms with Crippen LogP contribution in [0.1, 0.15) is 18.2 Å². The number of pyridine rings is 1. The predicted octanol–water partition coefficient (Wildman–Crippen LogP) is 3.54. The van der Waals surface area contributed by atoms with Crippen LogP contribution in [0.3, 0.4) is 0 Å². The lowest BCUT2D eigenvalue weighted by Gasteiger charge is -2.26. The van der Waals surface area contributed by atoms with Crippen molar-refractivity contribution < 1.29 is 14.3 Å². The van der Waals surface area contributed by atoms with Crippen LogP contribution in [-0.4, -0.2) is 65.1 Å². The zero-order valence-electron chi connectivity index (χ0n) is 19.7. The Balaban J connectivity index is 1.66. The third kappa shape index (κ3) is 6.11. The molecule has 1 amide bonds. The van der Waals surface area contributed by atoms with E-state index < -0.39 is 6.09 Å². The fraction of sp³-hybridized carbons (Fsp3) is 0.280. The molecule has 0 spiro atoms. The molecule has 1 aliphatic rings. The van der Waals surface area contributed by atoms with Crippen LogP contribution >= 0.6 is 0 Å². The van der Waals surface area contributed by atoms with Crippen LogP contribution in [0.4, 0.5) is 10.7 Å². The number of carbonyl (C=O) groups is 1. The molecule has 1 aliphatic heterocycles. The molecular formula is C25H29N7O3. The van der Waals surface area contributed by atoms with E-state index in [1.165, 1.54) is 6.20 Å². The number of amides is 1. The van der Waals surface area contributed by atoms with Gasteiger partial charge in [-0.25, -0.2) is 9.78 Å². The number of benzene rings is 1. The molecule has 4 N–H and O–H groups in total. The molecular weight excluding hydrogens is 446 g/mol. The zero-order valence-corrected chi connectivity index (χ0v) is 19.7. The van der Waals surface area contributed by atoms with Crippen LogP contribution in [0.25, 0.3) is 27.9 Å². The van der Waals surface area contributed by atoms with Gasteiger partial charge in [-0.2, -0.15) is 0 Å². The van der Waals surface area contributed by atoms with E-state index in [1.54, 1.807) is 19.2 Å². The summed E-state index contributed by atoms with van der Waals surface area (Å²) in [5.74, 6) is 0.273. The average molecular weight is 476 g/mol. The molecule has 0 radical (unpaired) electrons. The van der Waals surface area contributed by atoms with Crippen LogP contribution in [0.15, 0.2) is 54.3 Å². The Morgan fingerprint density at radius 3 is 2.89 bits per heavy atom. The summed E-state index contributed by atoms with van der Waals surface area (Å²) in [6.45, 7) is 10.2. The minimum Gasteiger partial charge on any atom is -0.450 e. The lowest BCUT2D eigenvalue weighted by atomic mass is 10.0. The summed E-state index contributed by atoms with van der Waals surface area (Å²) in [7, 11) is 0. The van der Waals surface area contributed by atoms with Crippen molar-refractivity contribution >= 4 is 35.0 Å². The number of nitrogens with zero attached hydrogens (tertiary/aromatic N) is 4. The lowest BCUT2D eigenvalue weighted by molar-refractivity contribution is 0.0336. The van der Waals surface area contributed by atoms with E-state index >= 15 is 0 Å². The van der Waals surface area contributed by atoms with Gasteiger partial charge in [0.2, 0.25) is 5.95 Å². The Kier molecular flexibility index (Phi) is 7.86. The molecule has 0 atom stereocenters. The second-order valence-corrected chi connectivity index (χ2v) is 7.89. The smallest absolute Gasteiger partial charge is 0.413 e. The van der Waals surface area contributed by atoms with Crippen LogP contribution in [0, 0.1) is 0 Å². The highest BCUT2D eigenvalue weighted by molar-refractivity contribution is 5.96. The summed E-state index contributed by atoms with van der Waals surface area (Å²) in [5, 5.41) is 2.61. The Bertz CT molecular complexity index is 1240. The number of ether oxygens (including phenoxy) is 2. The SMILES string of the molecule is C=C(/N=C\C=C/N)c1cc(-c2ccc(CN3CCOCC3)nc2)cc2nc(NC(=O)OCC)[nH]c12. The third-order valence-corrected chi connectivity index (χ3v) is 5.47. The van der Waals surface area contributed by atoms with Gasteiger partial charge in [0.1, 0.15) is 0 Å². The van der Waals surface area contributed by atoms with Gasteiger partial charge in [-0.3, -0.25) is 20.2 Å².